The Morgan fingerprint density at radius 3 is 2.86 bits per heavy atom. The molecule has 0 unspecified atom stereocenters. The summed E-state index contributed by atoms with van der Waals surface area (Å²) in [5, 5.41) is 12.2. The minimum atomic E-state index is -0.756. The standard InChI is InChI=1S/C13H13Cl2N3O3S/c1-7(21-10-4-3-8(14)5-9(10)15)12(19)16-13-18-17-11(22-13)6-20-2/h3-5,7H,6H2,1-2H3,(H,16,18,19)/t7-/m1/s1. The predicted molar refractivity (Wildman–Crippen MR) is 85.8 cm³/mol. The molecule has 22 heavy (non-hydrogen) atoms. The van der Waals surface area contributed by atoms with Crippen molar-refractivity contribution >= 4 is 45.6 Å². The fraction of sp³-hybridized carbons (Fsp3) is 0.308. The number of halogens is 2. The summed E-state index contributed by atoms with van der Waals surface area (Å²) in [5.41, 5.74) is 0. The molecule has 0 saturated heterocycles. The van der Waals surface area contributed by atoms with Crippen LogP contribution in [0.3, 0.4) is 0 Å². The van der Waals surface area contributed by atoms with Gasteiger partial charge in [0.1, 0.15) is 17.4 Å². The maximum Gasteiger partial charge on any atom is 0.266 e. The van der Waals surface area contributed by atoms with Gasteiger partial charge < -0.3 is 9.47 Å². The molecular formula is C13H13Cl2N3O3S. The van der Waals surface area contributed by atoms with Gasteiger partial charge in [0.05, 0.1) is 5.02 Å². The van der Waals surface area contributed by atoms with Gasteiger partial charge in [0, 0.05) is 12.1 Å². The number of hydrogen-bond acceptors (Lipinski definition) is 6. The Bertz CT molecular complexity index is 666. The summed E-state index contributed by atoms with van der Waals surface area (Å²) in [6.07, 6.45) is -0.756. The average Bonchev–Trinajstić information content (AvgIpc) is 2.89. The van der Waals surface area contributed by atoms with E-state index in [4.69, 9.17) is 32.7 Å². The third-order valence-corrected chi connectivity index (χ3v) is 3.87. The number of ether oxygens (including phenoxy) is 2. The topological polar surface area (TPSA) is 73.3 Å². The van der Waals surface area contributed by atoms with E-state index >= 15 is 0 Å². The highest BCUT2D eigenvalue weighted by atomic mass is 35.5. The molecule has 0 aliphatic carbocycles. The number of carbonyl (C=O) groups is 1. The third-order valence-electron chi connectivity index (χ3n) is 2.53. The van der Waals surface area contributed by atoms with E-state index in [0.29, 0.717) is 32.5 Å². The molecule has 2 aromatic rings. The molecule has 1 atom stereocenters. The van der Waals surface area contributed by atoms with Gasteiger partial charge in [0.15, 0.2) is 6.10 Å². The summed E-state index contributed by atoms with van der Waals surface area (Å²) < 4.78 is 10.5. The summed E-state index contributed by atoms with van der Waals surface area (Å²) in [5.74, 6) is 0.0252. The first-order chi connectivity index (χ1) is 10.5. The van der Waals surface area contributed by atoms with Crippen LogP contribution in [0.5, 0.6) is 5.75 Å². The van der Waals surface area contributed by atoms with Crippen molar-refractivity contribution in [1.29, 1.82) is 0 Å². The number of anilines is 1. The Morgan fingerprint density at radius 2 is 2.18 bits per heavy atom. The van der Waals surface area contributed by atoms with E-state index in [0.717, 1.165) is 0 Å². The summed E-state index contributed by atoms with van der Waals surface area (Å²) in [6.45, 7) is 1.96. The molecule has 0 saturated carbocycles. The molecule has 9 heteroatoms. The smallest absolute Gasteiger partial charge is 0.266 e. The lowest BCUT2D eigenvalue weighted by molar-refractivity contribution is -0.122. The molecule has 0 bridgehead atoms. The van der Waals surface area contributed by atoms with Gasteiger partial charge in [0.2, 0.25) is 5.13 Å². The highest BCUT2D eigenvalue weighted by Gasteiger charge is 2.18. The third kappa shape index (κ3) is 4.54. The quantitative estimate of drug-likeness (QED) is 0.853. The van der Waals surface area contributed by atoms with E-state index in [2.05, 4.69) is 15.5 Å². The van der Waals surface area contributed by atoms with E-state index in [1.807, 2.05) is 0 Å². The first-order valence-electron chi connectivity index (χ1n) is 6.23. The minimum Gasteiger partial charge on any atom is -0.479 e. The van der Waals surface area contributed by atoms with Gasteiger partial charge in [-0.15, -0.1) is 10.2 Å². The second kappa shape index (κ2) is 7.73. The molecule has 1 heterocycles. The Balaban J connectivity index is 1.96. The lowest BCUT2D eigenvalue weighted by Crippen LogP contribution is -2.30. The zero-order chi connectivity index (χ0) is 16.1. The summed E-state index contributed by atoms with van der Waals surface area (Å²) in [7, 11) is 1.56. The van der Waals surface area contributed by atoms with Crippen LogP contribution in [0, 0.1) is 0 Å². The van der Waals surface area contributed by atoms with Crippen molar-refractivity contribution in [2.45, 2.75) is 19.6 Å². The molecule has 0 aliphatic rings. The van der Waals surface area contributed by atoms with E-state index in [-0.39, 0.29) is 5.91 Å². The Morgan fingerprint density at radius 1 is 1.41 bits per heavy atom. The Hall–Kier alpha value is -1.41. The second-order valence-corrected chi connectivity index (χ2v) is 6.16. The molecule has 0 spiro atoms. The molecule has 1 aromatic carbocycles. The molecule has 118 valence electrons. The van der Waals surface area contributed by atoms with Crippen LogP contribution in [0.15, 0.2) is 18.2 Å². The summed E-state index contributed by atoms with van der Waals surface area (Å²) >= 11 is 13.0. The Labute approximate surface area is 141 Å². The van der Waals surface area contributed by atoms with Crippen LogP contribution >= 0.6 is 34.5 Å². The van der Waals surface area contributed by atoms with E-state index in [9.17, 15) is 4.79 Å². The van der Waals surface area contributed by atoms with Crippen LogP contribution < -0.4 is 10.1 Å². The fourth-order valence-corrected chi connectivity index (χ4v) is 2.68. The van der Waals surface area contributed by atoms with Crippen LogP contribution in [0.25, 0.3) is 0 Å². The van der Waals surface area contributed by atoms with E-state index in [1.165, 1.54) is 11.3 Å². The van der Waals surface area contributed by atoms with Gasteiger partial charge in [-0.25, -0.2) is 0 Å². The monoisotopic (exact) mass is 361 g/mol. The van der Waals surface area contributed by atoms with E-state index < -0.39 is 6.10 Å². The van der Waals surface area contributed by atoms with Crippen molar-refractivity contribution in [3.8, 4) is 5.75 Å². The lowest BCUT2D eigenvalue weighted by atomic mass is 10.3. The molecule has 0 fully saturated rings. The van der Waals surface area contributed by atoms with Gasteiger partial charge >= 0.3 is 0 Å². The number of aromatic nitrogens is 2. The van der Waals surface area contributed by atoms with Crippen LogP contribution in [0.2, 0.25) is 10.0 Å². The molecule has 1 amide bonds. The molecule has 1 aromatic heterocycles. The molecule has 2 rings (SSSR count). The molecular weight excluding hydrogens is 349 g/mol. The minimum absolute atomic E-state index is 0.338. The number of amides is 1. The summed E-state index contributed by atoms with van der Waals surface area (Å²) in [6, 6.07) is 4.79. The number of carbonyl (C=O) groups excluding carboxylic acids is 1. The normalized spacial score (nSPS) is 12.0. The predicted octanol–water partition coefficient (Wildman–Crippen LogP) is 3.40. The van der Waals surface area contributed by atoms with Gasteiger partial charge in [0.25, 0.3) is 5.91 Å². The second-order valence-electron chi connectivity index (χ2n) is 4.26. The van der Waals surface area contributed by atoms with Gasteiger partial charge in [-0.1, -0.05) is 34.5 Å². The number of nitrogens with zero attached hydrogens (tertiary/aromatic N) is 2. The van der Waals surface area contributed by atoms with Crippen molar-refractivity contribution in [3.05, 3.63) is 33.3 Å². The zero-order valence-corrected chi connectivity index (χ0v) is 14.1. The highest BCUT2D eigenvalue weighted by Crippen LogP contribution is 2.28. The van der Waals surface area contributed by atoms with Crippen molar-refractivity contribution in [2.24, 2.45) is 0 Å². The number of rotatable bonds is 6. The van der Waals surface area contributed by atoms with Gasteiger partial charge in [-0.05, 0) is 25.1 Å². The Kier molecular flexibility index (Phi) is 5.96. The summed E-state index contributed by atoms with van der Waals surface area (Å²) in [4.78, 5) is 12.1. The van der Waals surface area contributed by atoms with Crippen molar-refractivity contribution < 1.29 is 14.3 Å². The highest BCUT2D eigenvalue weighted by molar-refractivity contribution is 7.15. The largest absolute Gasteiger partial charge is 0.479 e. The number of hydrogen-bond donors (Lipinski definition) is 1. The van der Waals surface area contributed by atoms with Crippen LogP contribution in [-0.4, -0.2) is 29.3 Å². The first-order valence-corrected chi connectivity index (χ1v) is 7.80. The van der Waals surface area contributed by atoms with E-state index in [1.54, 1.807) is 32.2 Å². The molecule has 1 N–H and O–H groups in total. The molecule has 0 aliphatic heterocycles. The van der Waals surface area contributed by atoms with Crippen molar-refractivity contribution in [1.82, 2.24) is 10.2 Å². The lowest BCUT2D eigenvalue weighted by Gasteiger charge is -2.14. The molecule has 6 nitrogen and oxygen atoms in total. The number of nitrogens with one attached hydrogen (secondary N) is 1. The van der Waals surface area contributed by atoms with Crippen LogP contribution in [0.4, 0.5) is 5.13 Å². The maximum atomic E-state index is 12.1. The van der Waals surface area contributed by atoms with Crippen LogP contribution in [0.1, 0.15) is 11.9 Å². The molecule has 0 radical (unpaired) electrons. The average molecular weight is 362 g/mol. The maximum absolute atomic E-state index is 12.1. The van der Waals surface area contributed by atoms with Gasteiger partial charge in [-0.2, -0.15) is 0 Å². The first kappa shape index (κ1) is 17.0. The van der Waals surface area contributed by atoms with Crippen molar-refractivity contribution in [3.63, 3.8) is 0 Å². The number of benzene rings is 1. The van der Waals surface area contributed by atoms with Crippen LogP contribution in [-0.2, 0) is 16.1 Å². The fourth-order valence-electron chi connectivity index (χ4n) is 1.51. The SMILES string of the molecule is COCc1nnc(NC(=O)[C@@H](C)Oc2ccc(Cl)cc2Cl)s1. The zero-order valence-electron chi connectivity index (χ0n) is 11.8. The van der Waals surface area contributed by atoms with Gasteiger partial charge in [-0.3, -0.25) is 10.1 Å². The van der Waals surface area contributed by atoms with Crippen molar-refractivity contribution in [2.75, 3.05) is 12.4 Å². The number of methoxy groups -OCH3 is 1.